The summed E-state index contributed by atoms with van der Waals surface area (Å²) < 4.78 is 58.4. The van der Waals surface area contributed by atoms with Crippen LogP contribution in [0.4, 0.5) is 0 Å². The molecule has 2 aromatic carbocycles. The second kappa shape index (κ2) is 13.0. The maximum absolute atomic E-state index is 14.1. The van der Waals surface area contributed by atoms with Crippen LogP contribution in [0.2, 0.25) is 0 Å². The third-order valence-electron chi connectivity index (χ3n) is 12.0. The maximum Gasteiger partial charge on any atom is 0.338 e. The molecule has 10 atom stereocenters. The first kappa shape index (κ1) is 38.1. The topological polar surface area (TPSA) is 192 Å². The van der Waals surface area contributed by atoms with Crippen LogP contribution in [0, 0.1) is 23.7 Å². The Morgan fingerprint density at radius 1 is 0.904 bits per heavy atom. The Labute approximate surface area is 303 Å². The van der Waals surface area contributed by atoms with Gasteiger partial charge in [-0.3, -0.25) is 13.8 Å². The molecule has 6 rings (SSSR count). The summed E-state index contributed by atoms with van der Waals surface area (Å²) in [4.78, 5) is 39.7. The van der Waals surface area contributed by atoms with Crippen molar-refractivity contribution in [3.63, 3.8) is 0 Å². The average molecular weight is 743 g/mol. The molecule has 2 bridgehead atoms. The van der Waals surface area contributed by atoms with Gasteiger partial charge in [0, 0.05) is 37.5 Å². The van der Waals surface area contributed by atoms with E-state index in [1.807, 2.05) is 0 Å². The zero-order valence-electron chi connectivity index (χ0n) is 30.2. The van der Waals surface area contributed by atoms with Crippen LogP contribution in [0.25, 0.3) is 0 Å². The molecule has 1 heterocycles. The Bertz CT molecular complexity index is 1890. The highest BCUT2D eigenvalue weighted by atomic mass is 32.2. The molecule has 2 aromatic rings. The number of aliphatic hydroxyl groups excluding tert-OH is 2. The maximum atomic E-state index is 14.1. The van der Waals surface area contributed by atoms with Crippen molar-refractivity contribution in [3.05, 3.63) is 76.9 Å². The van der Waals surface area contributed by atoms with Crippen molar-refractivity contribution in [2.75, 3.05) is 6.61 Å². The summed E-state index contributed by atoms with van der Waals surface area (Å²) in [6.07, 6.45) is -9.70. The van der Waals surface area contributed by atoms with Crippen LogP contribution < -0.4 is 0 Å². The smallest absolute Gasteiger partial charge is 0.338 e. The largest absolute Gasteiger partial charge is 0.455 e. The van der Waals surface area contributed by atoms with Gasteiger partial charge in [0.2, 0.25) is 0 Å². The van der Waals surface area contributed by atoms with E-state index in [4.69, 9.17) is 23.1 Å². The van der Waals surface area contributed by atoms with Gasteiger partial charge < -0.3 is 34.3 Å². The lowest BCUT2D eigenvalue weighted by Crippen LogP contribution is -2.82. The molecule has 0 radical (unpaired) electrons. The molecule has 3 fully saturated rings. The summed E-state index contributed by atoms with van der Waals surface area (Å²) in [5, 5.41) is 37.7. The molecular weight excluding hydrogens is 696 g/mol. The number of rotatable bonds is 7. The first-order chi connectivity index (χ1) is 24.2. The molecule has 2 saturated carbocycles. The van der Waals surface area contributed by atoms with Gasteiger partial charge in [-0.25, -0.2) is 4.79 Å². The summed E-state index contributed by atoms with van der Waals surface area (Å²) in [5.74, 6) is -3.92. The van der Waals surface area contributed by atoms with Crippen molar-refractivity contribution in [2.45, 2.75) is 114 Å². The van der Waals surface area contributed by atoms with Crippen LogP contribution in [0.5, 0.6) is 0 Å². The second-order valence-electron chi connectivity index (χ2n) is 15.3. The van der Waals surface area contributed by atoms with Crippen LogP contribution in [0.1, 0.15) is 70.3 Å². The molecule has 1 saturated heterocycles. The molecule has 0 aromatic heterocycles. The van der Waals surface area contributed by atoms with Crippen molar-refractivity contribution in [1.82, 2.24) is 0 Å². The summed E-state index contributed by atoms with van der Waals surface area (Å²) in [6.45, 7) is 10.1. The van der Waals surface area contributed by atoms with Crippen LogP contribution in [0.3, 0.4) is 0 Å². The number of aryl methyl sites for hydroxylation is 1. The zero-order chi connectivity index (χ0) is 38.2. The highest BCUT2D eigenvalue weighted by Gasteiger charge is 2.78. The highest BCUT2D eigenvalue weighted by Crippen LogP contribution is 2.65. The molecule has 4 aliphatic rings. The minimum absolute atomic E-state index is 0.114. The molecule has 0 unspecified atom stereocenters. The predicted molar refractivity (Wildman–Crippen MR) is 183 cm³/mol. The van der Waals surface area contributed by atoms with E-state index in [0.29, 0.717) is 5.57 Å². The Balaban J connectivity index is 1.66. The fourth-order valence-corrected chi connectivity index (χ4v) is 10.4. The quantitative estimate of drug-likeness (QED) is 0.162. The molecule has 3 N–H and O–H groups in total. The lowest BCUT2D eigenvalue weighted by molar-refractivity contribution is -0.362. The zero-order valence-corrected chi connectivity index (χ0v) is 31.0. The third-order valence-corrected chi connectivity index (χ3v) is 13.3. The number of benzene rings is 2. The minimum Gasteiger partial charge on any atom is -0.455 e. The van der Waals surface area contributed by atoms with E-state index in [-0.39, 0.29) is 29.1 Å². The molecule has 14 heteroatoms. The van der Waals surface area contributed by atoms with Gasteiger partial charge in [-0.15, -0.1) is 0 Å². The van der Waals surface area contributed by atoms with Crippen LogP contribution in [0.15, 0.2) is 70.6 Å². The van der Waals surface area contributed by atoms with E-state index in [2.05, 4.69) is 0 Å². The highest BCUT2D eigenvalue weighted by molar-refractivity contribution is 7.86. The van der Waals surface area contributed by atoms with Gasteiger partial charge in [0.1, 0.15) is 23.9 Å². The lowest BCUT2D eigenvalue weighted by atomic mass is 9.44. The van der Waals surface area contributed by atoms with Gasteiger partial charge in [-0.05, 0) is 49.3 Å². The van der Waals surface area contributed by atoms with Crippen LogP contribution in [-0.2, 0) is 42.8 Å². The van der Waals surface area contributed by atoms with Crippen molar-refractivity contribution < 1.29 is 61.3 Å². The Kier molecular flexibility index (Phi) is 9.54. The number of hydrogen-bond acceptors (Lipinski definition) is 13. The normalized spacial score (nSPS) is 36.5. The van der Waals surface area contributed by atoms with E-state index in [9.17, 15) is 38.1 Å². The second-order valence-corrected chi connectivity index (χ2v) is 16.9. The van der Waals surface area contributed by atoms with E-state index < -0.39 is 99.0 Å². The fraction of sp³-hybridized carbons (Fsp3) is 0.553. The molecule has 52 heavy (non-hydrogen) atoms. The first-order valence-electron chi connectivity index (χ1n) is 17.2. The number of ether oxygens (including phenoxy) is 4. The summed E-state index contributed by atoms with van der Waals surface area (Å²) in [6, 6.07) is 13.9. The van der Waals surface area contributed by atoms with Crippen molar-refractivity contribution in [3.8, 4) is 0 Å². The molecular formula is C38H46O13S. The lowest BCUT2D eigenvalue weighted by Gasteiger charge is -2.69. The summed E-state index contributed by atoms with van der Waals surface area (Å²) in [7, 11) is -4.57. The Morgan fingerprint density at radius 3 is 2.10 bits per heavy atom. The number of hydrogen-bond donors (Lipinski definition) is 3. The monoisotopic (exact) mass is 742 g/mol. The molecule has 282 valence electrons. The van der Waals surface area contributed by atoms with Gasteiger partial charge >= 0.3 is 17.9 Å². The summed E-state index contributed by atoms with van der Waals surface area (Å²) in [5.41, 5.74) is -6.02. The van der Waals surface area contributed by atoms with Gasteiger partial charge in [0.05, 0.1) is 35.2 Å². The van der Waals surface area contributed by atoms with E-state index in [1.165, 1.54) is 38.1 Å². The van der Waals surface area contributed by atoms with Crippen molar-refractivity contribution in [1.29, 1.82) is 0 Å². The van der Waals surface area contributed by atoms with Crippen LogP contribution in [-0.4, -0.2) is 96.1 Å². The predicted octanol–water partition coefficient (Wildman–Crippen LogP) is 3.17. The van der Waals surface area contributed by atoms with Gasteiger partial charge in [-0.1, -0.05) is 56.7 Å². The van der Waals surface area contributed by atoms with Gasteiger partial charge in [0.25, 0.3) is 10.1 Å². The first-order valence-corrected chi connectivity index (χ1v) is 18.7. The number of carbonyl (C=O) groups excluding carboxylic acids is 3. The molecule has 1 aliphatic heterocycles. The molecule has 0 amide bonds. The number of fused-ring (bicyclic) bond motifs is 5. The van der Waals surface area contributed by atoms with E-state index >= 15 is 0 Å². The SMILES string of the molecule is CC(=O)O[C@@H]1C2=C(C)[C@@H](O)C[C@@](O)([C@@H](OC(=O)c3ccccc3)[C@@H]3[C@]4(OC(C)=O)CO[C@@H]4C[C@H](OS(=O)(=O)c4ccc(C)cc4)[C@@]3(C)[C@H]1O)C2(C)C. The van der Waals surface area contributed by atoms with Crippen molar-refractivity contribution >= 4 is 28.0 Å². The van der Waals surface area contributed by atoms with E-state index in [1.54, 1.807) is 58.0 Å². The Hall–Kier alpha value is -3.66. The number of aliphatic hydroxyl groups is 3. The standard InChI is InChI=1S/C38H46O13S/c1-20-13-15-25(16-14-20)52(45,46)51-27-17-28-37(19-47-28,50-23(4)40)31-33(49-34(43)24-11-9-8-10-12-24)38(44)18-26(41)21(2)29(35(38,5)6)30(48-22(3)39)32(42)36(27,31)7/h8-16,26-28,30-33,41-42,44H,17-19H2,1-7H3/t26-,27-,28+,30+,31-,32-,33-,36+,37-,38+/m0/s1. The molecule has 0 spiro atoms. The average Bonchev–Trinajstić information content (AvgIpc) is 3.06. The van der Waals surface area contributed by atoms with E-state index in [0.717, 1.165) is 12.5 Å². The van der Waals surface area contributed by atoms with Gasteiger partial charge in [0.15, 0.2) is 11.7 Å². The third kappa shape index (κ3) is 5.78. The number of carbonyl (C=O) groups is 3. The number of esters is 3. The van der Waals surface area contributed by atoms with Gasteiger partial charge in [-0.2, -0.15) is 8.42 Å². The molecule has 13 nitrogen and oxygen atoms in total. The minimum atomic E-state index is -4.57. The Morgan fingerprint density at radius 2 is 1.54 bits per heavy atom. The summed E-state index contributed by atoms with van der Waals surface area (Å²) >= 11 is 0. The van der Waals surface area contributed by atoms with Crippen molar-refractivity contribution in [2.24, 2.45) is 16.7 Å². The molecule has 3 aliphatic carbocycles. The fourth-order valence-electron chi connectivity index (χ4n) is 9.18. The van der Waals surface area contributed by atoms with Crippen LogP contribution >= 0.6 is 0 Å².